The van der Waals surface area contributed by atoms with E-state index in [0.717, 1.165) is 0 Å². The van der Waals surface area contributed by atoms with Gasteiger partial charge in [-0.15, -0.1) is 0 Å². The number of nitrogens with zero attached hydrogens (tertiary/aromatic N) is 1. The Morgan fingerprint density at radius 2 is 1.90 bits per heavy atom. The summed E-state index contributed by atoms with van der Waals surface area (Å²) in [6.45, 7) is 10.5. The molecule has 6 nitrogen and oxygen atoms in total. The molecule has 0 aromatic heterocycles. The maximum atomic E-state index is 11.5. The van der Waals surface area contributed by atoms with Crippen molar-refractivity contribution in [3.05, 3.63) is 24.3 Å². The lowest BCUT2D eigenvalue weighted by molar-refractivity contribution is -0.139. The SMILES string of the molecule is C=C(C)C(=O)OCCN(C)CCC(=C)C(=O)NCOC. The quantitative estimate of drug-likeness (QED) is 0.363. The lowest BCUT2D eigenvalue weighted by atomic mass is 10.2. The van der Waals surface area contributed by atoms with E-state index in [0.29, 0.717) is 37.3 Å². The Morgan fingerprint density at radius 1 is 1.25 bits per heavy atom. The molecule has 0 spiro atoms. The summed E-state index contributed by atoms with van der Waals surface area (Å²) in [5.41, 5.74) is 0.878. The lowest BCUT2D eigenvalue weighted by Gasteiger charge is -2.17. The van der Waals surface area contributed by atoms with E-state index >= 15 is 0 Å². The summed E-state index contributed by atoms with van der Waals surface area (Å²) < 4.78 is 9.73. The van der Waals surface area contributed by atoms with Gasteiger partial charge >= 0.3 is 5.97 Å². The Morgan fingerprint density at radius 3 is 2.45 bits per heavy atom. The van der Waals surface area contributed by atoms with Gasteiger partial charge in [0.25, 0.3) is 0 Å². The van der Waals surface area contributed by atoms with Gasteiger partial charge in [-0.05, 0) is 20.4 Å². The molecular weight excluding hydrogens is 260 g/mol. The first kappa shape index (κ1) is 18.3. The van der Waals surface area contributed by atoms with E-state index in [1.807, 2.05) is 11.9 Å². The van der Waals surface area contributed by atoms with Crippen LogP contribution in [0.15, 0.2) is 24.3 Å². The van der Waals surface area contributed by atoms with Crippen LogP contribution in [0.2, 0.25) is 0 Å². The predicted molar refractivity (Wildman–Crippen MR) is 77.0 cm³/mol. The molecule has 0 atom stereocenters. The molecule has 1 N–H and O–H groups in total. The van der Waals surface area contributed by atoms with E-state index in [4.69, 9.17) is 9.47 Å². The first-order valence-corrected chi connectivity index (χ1v) is 6.34. The summed E-state index contributed by atoms with van der Waals surface area (Å²) in [6, 6.07) is 0. The second-order valence-electron chi connectivity index (χ2n) is 4.51. The zero-order chi connectivity index (χ0) is 15.5. The molecule has 0 aliphatic heterocycles. The number of nitrogens with one attached hydrogen (secondary N) is 1. The zero-order valence-corrected chi connectivity index (χ0v) is 12.5. The fraction of sp³-hybridized carbons (Fsp3) is 0.571. The molecule has 0 fully saturated rings. The molecule has 0 unspecified atom stereocenters. The van der Waals surface area contributed by atoms with Crippen molar-refractivity contribution < 1.29 is 19.1 Å². The van der Waals surface area contributed by atoms with Gasteiger partial charge in [0.15, 0.2) is 0 Å². The summed E-state index contributed by atoms with van der Waals surface area (Å²) >= 11 is 0. The Balaban J connectivity index is 3.79. The van der Waals surface area contributed by atoms with Crippen molar-refractivity contribution in [3.8, 4) is 0 Å². The van der Waals surface area contributed by atoms with Crippen LogP contribution in [-0.2, 0) is 19.1 Å². The van der Waals surface area contributed by atoms with Gasteiger partial charge in [-0.2, -0.15) is 0 Å². The van der Waals surface area contributed by atoms with Crippen LogP contribution in [0.5, 0.6) is 0 Å². The molecule has 0 radical (unpaired) electrons. The summed E-state index contributed by atoms with van der Waals surface area (Å²) in [4.78, 5) is 24.6. The molecule has 0 heterocycles. The number of methoxy groups -OCH3 is 1. The topological polar surface area (TPSA) is 67.9 Å². The maximum Gasteiger partial charge on any atom is 0.333 e. The predicted octanol–water partition coefficient (Wildman–Crippen LogP) is 0.704. The van der Waals surface area contributed by atoms with Crippen molar-refractivity contribution in [1.29, 1.82) is 0 Å². The average molecular weight is 284 g/mol. The number of likely N-dealkylation sites (N-methyl/N-ethyl adjacent to an activating group) is 1. The highest BCUT2D eigenvalue weighted by atomic mass is 16.5. The van der Waals surface area contributed by atoms with Crippen LogP contribution >= 0.6 is 0 Å². The number of carbonyl (C=O) groups is 2. The van der Waals surface area contributed by atoms with Crippen molar-refractivity contribution in [2.75, 3.05) is 40.6 Å². The molecule has 0 saturated heterocycles. The molecule has 0 bridgehead atoms. The summed E-state index contributed by atoms with van der Waals surface area (Å²) in [6.07, 6.45) is 0.542. The fourth-order valence-electron chi connectivity index (χ4n) is 1.23. The summed E-state index contributed by atoms with van der Waals surface area (Å²) in [5.74, 6) is -0.601. The molecule has 0 saturated carbocycles. The second-order valence-corrected chi connectivity index (χ2v) is 4.51. The largest absolute Gasteiger partial charge is 0.461 e. The molecule has 114 valence electrons. The molecule has 0 aliphatic rings. The Hall–Kier alpha value is -1.66. The number of hydrogen-bond donors (Lipinski definition) is 1. The Labute approximate surface area is 120 Å². The van der Waals surface area contributed by atoms with E-state index < -0.39 is 0 Å². The average Bonchev–Trinajstić information content (AvgIpc) is 2.41. The lowest BCUT2D eigenvalue weighted by Crippen LogP contribution is -2.30. The van der Waals surface area contributed by atoms with Crippen molar-refractivity contribution >= 4 is 11.9 Å². The first-order valence-electron chi connectivity index (χ1n) is 6.34. The van der Waals surface area contributed by atoms with Crippen LogP contribution in [0.3, 0.4) is 0 Å². The van der Waals surface area contributed by atoms with Crippen molar-refractivity contribution in [1.82, 2.24) is 10.2 Å². The fourth-order valence-corrected chi connectivity index (χ4v) is 1.23. The molecule has 1 amide bonds. The Bertz CT molecular complexity index is 366. The minimum Gasteiger partial charge on any atom is -0.461 e. The Kier molecular flexibility index (Phi) is 9.32. The van der Waals surface area contributed by atoms with E-state index in [1.54, 1.807) is 6.92 Å². The molecule has 6 heteroatoms. The second kappa shape index (κ2) is 10.2. The van der Waals surface area contributed by atoms with Gasteiger partial charge in [0.2, 0.25) is 5.91 Å². The highest BCUT2D eigenvalue weighted by Crippen LogP contribution is 2.00. The highest BCUT2D eigenvalue weighted by Gasteiger charge is 2.08. The number of rotatable bonds is 10. The smallest absolute Gasteiger partial charge is 0.333 e. The monoisotopic (exact) mass is 284 g/mol. The van der Waals surface area contributed by atoms with Gasteiger partial charge in [0, 0.05) is 31.3 Å². The molecule has 0 aromatic rings. The standard InChI is InChI=1S/C14H24N2O4/c1-11(2)14(18)20-9-8-16(4)7-6-12(3)13(17)15-10-19-5/h1,3,6-10H2,2,4-5H3,(H,15,17). The van der Waals surface area contributed by atoms with E-state index in [2.05, 4.69) is 18.5 Å². The molecule has 0 rings (SSSR count). The highest BCUT2D eigenvalue weighted by molar-refractivity contribution is 5.92. The van der Waals surface area contributed by atoms with Crippen LogP contribution in [0, 0.1) is 0 Å². The zero-order valence-electron chi connectivity index (χ0n) is 12.5. The van der Waals surface area contributed by atoms with Crippen molar-refractivity contribution in [3.63, 3.8) is 0 Å². The normalized spacial score (nSPS) is 10.2. The van der Waals surface area contributed by atoms with Crippen LogP contribution in [0.25, 0.3) is 0 Å². The summed E-state index contributed by atoms with van der Waals surface area (Å²) in [5, 5.41) is 2.57. The first-order chi connectivity index (χ1) is 9.38. The van der Waals surface area contributed by atoms with Crippen LogP contribution in [-0.4, -0.2) is 57.4 Å². The van der Waals surface area contributed by atoms with E-state index in [1.165, 1.54) is 7.11 Å². The van der Waals surface area contributed by atoms with Crippen molar-refractivity contribution in [2.45, 2.75) is 13.3 Å². The van der Waals surface area contributed by atoms with Crippen LogP contribution < -0.4 is 5.32 Å². The van der Waals surface area contributed by atoms with Gasteiger partial charge in [-0.1, -0.05) is 13.2 Å². The minimum atomic E-state index is -0.387. The van der Waals surface area contributed by atoms with Gasteiger partial charge in [0.1, 0.15) is 13.3 Å². The van der Waals surface area contributed by atoms with Crippen LogP contribution in [0.1, 0.15) is 13.3 Å². The summed E-state index contributed by atoms with van der Waals surface area (Å²) in [7, 11) is 3.39. The number of hydrogen-bond acceptors (Lipinski definition) is 5. The molecule has 0 aromatic carbocycles. The van der Waals surface area contributed by atoms with E-state index in [-0.39, 0.29) is 18.6 Å². The van der Waals surface area contributed by atoms with Gasteiger partial charge in [-0.3, -0.25) is 4.79 Å². The number of amides is 1. The third-order valence-electron chi connectivity index (χ3n) is 2.55. The number of carbonyl (C=O) groups excluding carboxylic acids is 2. The molecular formula is C14H24N2O4. The van der Waals surface area contributed by atoms with E-state index in [9.17, 15) is 9.59 Å². The van der Waals surface area contributed by atoms with Crippen molar-refractivity contribution in [2.24, 2.45) is 0 Å². The van der Waals surface area contributed by atoms with Gasteiger partial charge < -0.3 is 19.7 Å². The van der Waals surface area contributed by atoms with Gasteiger partial charge in [0.05, 0.1) is 0 Å². The minimum absolute atomic E-state index is 0.171. The van der Waals surface area contributed by atoms with Gasteiger partial charge in [-0.25, -0.2) is 4.79 Å². The molecule has 0 aliphatic carbocycles. The number of ether oxygens (including phenoxy) is 2. The molecule has 20 heavy (non-hydrogen) atoms. The van der Waals surface area contributed by atoms with Crippen LogP contribution in [0.4, 0.5) is 0 Å². The third kappa shape index (κ3) is 8.44. The third-order valence-corrected chi connectivity index (χ3v) is 2.55. The number of esters is 1. The maximum absolute atomic E-state index is 11.5.